The monoisotopic (exact) mass is 395 g/mol. The lowest BCUT2D eigenvalue weighted by Crippen LogP contribution is -2.29. The molecule has 0 fully saturated rings. The number of hydrogen-bond acceptors (Lipinski definition) is 5. The highest BCUT2D eigenvalue weighted by Crippen LogP contribution is 2.40. The summed E-state index contributed by atoms with van der Waals surface area (Å²) in [5, 5.41) is 0. The quantitative estimate of drug-likeness (QED) is 0.597. The summed E-state index contributed by atoms with van der Waals surface area (Å²) in [6, 6.07) is 12.7. The van der Waals surface area contributed by atoms with Crippen LogP contribution in [0.25, 0.3) is 11.1 Å². The number of methoxy groups -OCH3 is 2. The van der Waals surface area contributed by atoms with E-state index < -0.39 is 0 Å². The van der Waals surface area contributed by atoms with Crippen molar-refractivity contribution in [2.24, 2.45) is 0 Å². The van der Waals surface area contributed by atoms with E-state index in [4.69, 9.17) is 21.3 Å². The van der Waals surface area contributed by atoms with Crippen LogP contribution >= 0.6 is 11.8 Å². The highest BCUT2D eigenvalue weighted by atomic mass is 35.5. The molecule has 6 heteroatoms. The fraction of sp³-hybridized carbons (Fsp3) is 0.273. The minimum absolute atomic E-state index is 0.0798. The van der Waals surface area contributed by atoms with Gasteiger partial charge in [-0.05, 0) is 59.0 Å². The molecule has 0 spiro atoms. The van der Waals surface area contributed by atoms with Crippen molar-refractivity contribution in [1.29, 1.82) is 0 Å². The van der Waals surface area contributed by atoms with Gasteiger partial charge in [0.15, 0.2) is 11.5 Å². The molecule has 28 heavy (non-hydrogen) atoms. The standard InChI is InChI=1S/C22H22ClN3O2/c1-27-21-10-17-7-8-26(23)20(19(17)11-22(21)28-2)9-15-3-5-16(6-4-15)18-12-24-14-25-13-18/h3-6,10-14,20H,7-9H2,1-2H3. The lowest BCUT2D eigenvalue weighted by molar-refractivity contribution is 0.316. The van der Waals surface area contributed by atoms with Crippen molar-refractivity contribution in [2.75, 3.05) is 20.8 Å². The topological polar surface area (TPSA) is 47.5 Å². The van der Waals surface area contributed by atoms with Gasteiger partial charge in [-0.2, -0.15) is 0 Å². The summed E-state index contributed by atoms with van der Waals surface area (Å²) in [7, 11) is 3.32. The molecule has 0 N–H and O–H groups in total. The normalized spacial score (nSPS) is 16.5. The summed E-state index contributed by atoms with van der Waals surface area (Å²) in [5.74, 6) is 1.50. The summed E-state index contributed by atoms with van der Waals surface area (Å²) in [4.78, 5) is 8.17. The first-order valence-electron chi connectivity index (χ1n) is 9.21. The molecule has 1 aliphatic rings. The van der Waals surface area contributed by atoms with Crippen molar-refractivity contribution < 1.29 is 9.47 Å². The molecule has 0 amide bonds. The van der Waals surface area contributed by atoms with Crippen LogP contribution < -0.4 is 9.47 Å². The van der Waals surface area contributed by atoms with Gasteiger partial charge in [-0.1, -0.05) is 24.3 Å². The molecule has 3 aromatic rings. The van der Waals surface area contributed by atoms with E-state index in [0.29, 0.717) is 0 Å². The van der Waals surface area contributed by atoms with Crippen LogP contribution in [0.2, 0.25) is 0 Å². The Balaban J connectivity index is 1.61. The maximum Gasteiger partial charge on any atom is 0.161 e. The van der Waals surface area contributed by atoms with Gasteiger partial charge in [0.05, 0.1) is 20.3 Å². The molecule has 0 saturated heterocycles. The lowest BCUT2D eigenvalue weighted by atomic mass is 9.89. The van der Waals surface area contributed by atoms with Crippen molar-refractivity contribution in [2.45, 2.75) is 18.9 Å². The molecule has 5 nitrogen and oxygen atoms in total. The number of hydrogen-bond donors (Lipinski definition) is 0. The molecular formula is C22H22ClN3O2. The van der Waals surface area contributed by atoms with Gasteiger partial charge in [-0.15, -0.1) is 0 Å². The third-order valence-corrected chi connectivity index (χ3v) is 5.62. The molecular weight excluding hydrogens is 374 g/mol. The Kier molecular flexibility index (Phi) is 5.46. The number of rotatable bonds is 5. The van der Waals surface area contributed by atoms with E-state index in [0.717, 1.165) is 42.0 Å². The average Bonchev–Trinajstić information content (AvgIpc) is 2.76. The van der Waals surface area contributed by atoms with E-state index >= 15 is 0 Å². The van der Waals surface area contributed by atoms with Gasteiger partial charge < -0.3 is 9.47 Å². The SMILES string of the molecule is COc1cc2c(cc1OC)C(Cc1ccc(-c3cncnc3)cc1)N(Cl)CC2. The van der Waals surface area contributed by atoms with Crippen LogP contribution in [0.5, 0.6) is 11.5 Å². The predicted molar refractivity (Wildman–Crippen MR) is 110 cm³/mol. The predicted octanol–water partition coefficient (Wildman–Crippen LogP) is 4.46. The first-order chi connectivity index (χ1) is 13.7. The van der Waals surface area contributed by atoms with Crippen molar-refractivity contribution in [1.82, 2.24) is 14.4 Å². The van der Waals surface area contributed by atoms with Gasteiger partial charge in [0.1, 0.15) is 6.33 Å². The second-order valence-electron chi connectivity index (χ2n) is 6.82. The van der Waals surface area contributed by atoms with Crippen molar-refractivity contribution in [3.05, 3.63) is 71.8 Å². The van der Waals surface area contributed by atoms with Gasteiger partial charge in [-0.3, -0.25) is 0 Å². The summed E-state index contributed by atoms with van der Waals surface area (Å²) < 4.78 is 12.9. The fourth-order valence-electron chi connectivity index (χ4n) is 3.71. The Labute approximate surface area is 170 Å². The van der Waals surface area contributed by atoms with E-state index in [9.17, 15) is 0 Å². The first-order valence-corrected chi connectivity index (χ1v) is 9.55. The zero-order chi connectivity index (χ0) is 19.5. The summed E-state index contributed by atoms with van der Waals surface area (Å²) in [6.45, 7) is 0.800. The van der Waals surface area contributed by atoms with Gasteiger partial charge in [0.2, 0.25) is 0 Å². The van der Waals surface area contributed by atoms with Crippen molar-refractivity contribution >= 4 is 11.8 Å². The molecule has 0 saturated carbocycles. The van der Waals surface area contributed by atoms with Crippen LogP contribution in [0.1, 0.15) is 22.7 Å². The molecule has 1 aromatic heterocycles. The second kappa shape index (κ2) is 8.17. The molecule has 144 valence electrons. The van der Waals surface area contributed by atoms with Gasteiger partial charge >= 0.3 is 0 Å². The van der Waals surface area contributed by atoms with Crippen LogP contribution in [0.15, 0.2) is 55.1 Å². The molecule has 1 aliphatic heterocycles. The number of benzene rings is 2. The first kappa shape index (κ1) is 18.7. The fourth-order valence-corrected chi connectivity index (χ4v) is 3.97. The number of aromatic nitrogens is 2. The number of ether oxygens (including phenoxy) is 2. The largest absolute Gasteiger partial charge is 0.493 e. The van der Waals surface area contributed by atoms with Gasteiger partial charge in [-0.25, -0.2) is 14.4 Å². The Morgan fingerprint density at radius 2 is 1.68 bits per heavy atom. The minimum atomic E-state index is 0.0798. The number of halogens is 1. The van der Waals surface area contributed by atoms with Crippen LogP contribution in [0, 0.1) is 0 Å². The Bertz CT molecular complexity index is 948. The average molecular weight is 396 g/mol. The highest BCUT2D eigenvalue weighted by molar-refractivity contribution is 6.13. The minimum Gasteiger partial charge on any atom is -0.493 e. The lowest BCUT2D eigenvalue weighted by Gasteiger charge is -2.33. The maximum absolute atomic E-state index is 6.60. The summed E-state index contributed by atoms with van der Waals surface area (Å²) >= 11 is 6.60. The Hall–Kier alpha value is -2.63. The van der Waals surface area contributed by atoms with E-state index in [-0.39, 0.29) is 6.04 Å². The zero-order valence-corrected chi connectivity index (χ0v) is 16.7. The van der Waals surface area contributed by atoms with E-state index in [1.165, 1.54) is 23.0 Å². The smallest absolute Gasteiger partial charge is 0.161 e. The zero-order valence-electron chi connectivity index (χ0n) is 15.9. The third-order valence-electron chi connectivity index (χ3n) is 5.21. The van der Waals surface area contributed by atoms with Crippen LogP contribution in [0.3, 0.4) is 0 Å². The molecule has 0 aliphatic carbocycles. The van der Waals surface area contributed by atoms with Gasteiger partial charge in [0.25, 0.3) is 0 Å². The Morgan fingerprint density at radius 3 is 2.36 bits per heavy atom. The number of nitrogens with zero attached hydrogens (tertiary/aromatic N) is 3. The third kappa shape index (κ3) is 3.68. The van der Waals surface area contributed by atoms with E-state index in [2.05, 4.69) is 46.4 Å². The molecule has 1 atom stereocenters. The van der Waals surface area contributed by atoms with Crippen LogP contribution in [-0.4, -0.2) is 35.2 Å². The summed E-state index contributed by atoms with van der Waals surface area (Å²) in [6.07, 6.45) is 6.88. The molecule has 1 unspecified atom stereocenters. The van der Waals surface area contributed by atoms with Crippen molar-refractivity contribution in [3.63, 3.8) is 0 Å². The summed E-state index contributed by atoms with van der Waals surface area (Å²) in [5.41, 5.74) is 5.78. The van der Waals surface area contributed by atoms with E-state index in [1.54, 1.807) is 14.2 Å². The maximum atomic E-state index is 6.60. The molecule has 4 rings (SSSR count). The highest BCUT2D eigenvalue weighted by Gasteiger charge is 2.28. The number of fused-ring (bicyclic) bond motifs is 1. The molecule has 0 bridgehead atoms. The molecule has 0 radical (unpaired) electrons. The molecule has 2 heterocycles. The van der Waals surface area contributed by atoms with Crippen LogP contribution in [-0.2, 0) is 12.8 Å². The van der Waals surface area contributed by atoms with E-state index in [1.807, 2.05) is 16.8 Å². The van der Waals surface area contributed by atoms with Gasteiger partial charge in [0, 0.05) is 24.5 Å². The van der Waals surface area contributed by atoms with Crippen molar-refractivity contribution in [3.8, 4) is 22.6 Å². The Morgan fingerprint density at radius 1 is 1.00 bits per heavy atom. The second-order valence-corrected chi connectivity index (χ2v) is 7.26. The molecule has 2 aromatic carbocycles. The van der Waals surface area contributed by atoms with Crippen LogP contribution in [0.4, 0.5) is 0 Å².